The van der Waals surface area contributed by atoms with E-state index in [0.717, 1.165) is 6.07 Å². The molecular weight excluding hydrogens is 433 g/mol. The summed E-state index contributed by atoms with van der Waals surface area (Å²) in [6.45, 7) is 4.00. The highest BCUT2D eigenvalue weighted by atomic mass is 35.5. The van der Waals surface area contributed by atoms with E-state index in [0.29, 0.717) is 0 Å². The highest BCUT2D eigenvalue weighted by Crippen LogP contribution is 2.40. The molecule has 0 saturated heterocycles. The molecule has 166 valence electrons. The molecule has 1 amide bonds. The fourth-order valence-corrected chi connectivity index (χ4v) is 3.13. The van der Waals surface area contributed by atoms with E-state index in [9.17, 15) is 18.1 Å². The van der Waals surface area contributed by atoms with Crippen molar-refractivity contribution in [3.8, 4) is 6.07 Å². The predicted octanol–water partition coefficient (Wildman–Crippen LogP) is 5.17. The van der Waals surface area contributed by atoms with Crippen molar-refractivity contribution in [1.29, 1.82) is 5.26 Å². The van der Waals surface area contributed by atoms with Crippen LogP contribution in [0.15, 0.2) is 18.2 Å². The van der Waals surface area contributed by atoms with Crippen LogP contribution in [0.2, 0.25) is 5.02 Å². The molecule has 0 aliphatic heterocycles. The van der Waals surface area contributed by atoms with Gasteiger partial charge in [-0.3, -0.25) is 4.79 Å². The number of nitrogens with zero attached hydrogens (tertiary/aromatic N) is 3. The fraction of sp³-hybridized carbons (Fsp3) is 0.350. The molecule has 0 bridgehead atoms. The Kier molecular flexibility index (Phi) is 7.94. The minimum atomic E-state index is -1.24. The number of hydrogen-bond donors (Lipinski definition) is 3. The summed E-state index contributed by atoms with van der Waals surface area (Å²) in [5.74, 6) is -2.29. The van der Waals surface area contributed by atoms with Crippen molar-refractivity contribution in [1.82, 2.24) is 4.98 Å². The number of rotatable bonds is 6. The molecule has 1 aliphatic rings. The molecule has 3 rings (SSSR count). The summed E-state index contributed by atoms with van der Waals surface area (Å²) in [7, 11) is 2.98. The van der Waals surface area contributed by atoms with Crippen molar-refractivity contribution in [2.75, 3.05) is 35.2 Å². The summed E-state index contributed by atoms with van der Waals surface area (Å²) in [5, 5.41) is 14.0. The van der Waals surface area contributed by atoms with E-state index in [4.69, 9.17) is 16.9 Å². The van der Waals surface area contributed by atoms with Crippen molar-refractivity contribution < 1.29 is 18.1 Å². The first kappa shape index (κ1) is 24.1. The topological polar surface area (TPSA) is 93.1 Å². The summed E-state index contributed by atoms with van der Waals surface area (Å²) in [6, 6.07) is 5.52. The Hall–Kier alpha value is -3.19. The molecule has 1 saturated carbocycles. The van der Waals surface area contributed by atoms with Gasteiger partial charge >= 0.3 is 0 Å². The molecule has 7 nitrogen and oxygen atoms in total. The largest absolute Gasteiger partial charge is 0.386 e. The third-order valence-corrected chi connectivity index (χ3v) is 4.77. The van der Waals surface area contributed by atoms with E-state index in [1.165, 1.54) is 36.7 Å². The lowest BCUT2D eigenvalue weighted by atomic mass is 10.2. The lowest BCUT2D eigenvalue weighted by Crippen LogP contribution is -2.20. The van der Waals surface area contributed by atoms with Crippen molar-refractivity contribution in [2.45, 2.75) is 26.4 Å². The Morgan fingerprint density at radius 1 is 1.35 bits per heavy atom. The van der Waals surface area contributed by atoms with Crippen LogP contribution in [0.25, 0.3) is 0 Å². The van der Waals surface area contributed by atoms with Gasteiger partial charge in [-0.05, 0) is 18.6 Å². The van der Waals surface area contributed by atoms with Gasteiger partial charge in [0.1, 0.15) is 23.5 Å². The molecule has 0 unspecified atom stereocenters. The number of benzene rings is 1. The van der Waals surface area contributed by atoms with E-state index < -0.39 is 23.8 Å². The number of hydrogen-bond acceptors (Lipinski definition) is 6. The number of carbonyl (C=O) groups excluding carboxylic acids is 1. The monoisotopic (exact) mass is 454 g/mol. The van der Waals surface area contributed by atoms with Gasteiger partial charge in [-0.15, -0.1) is 4.48 Å². The minimum absolute atomic E-state index is 0.0339. The molecule has 2 atom stereocenters. The number of nitriles is 1. The van der Waals surface area contributed by atoms with Gasteiger partial charge in [-0.1, -0.05) is 25.4 Å². The number of alkyl halides is 1. The number of amides is 1. The average Bonchev–Trinajstić information content (AvgIpc) is 3.50. The molecule has 2 aromatic rings. The first-order chi connectivity index (χ1) is 14.8. The first-order valence-corrected chi connectivity index (χ1v) is 9.85. The van der Waals surface area contributed by atoms with Gasteiger partial charge in [-0.25, -0.2) is 19.3 Å². The zero-order valence-electron chi connectivity index (χ0n) is 17.4. The molecule has 0 radical (unpaired) electrons. The van der Waals surface area contributed by atoms with Gasteiger partial charge in [0.05, 0.1) is 33.9 Å². The van der Waals surface area contributed by atoms with Crippen molar-refractivity contribution in [3.05, 3.63) is 34.6 Å². The van der Waals surface area contributed by atoms with Crippen LogP contribution in [-0.4, -0.2) is 31.2 Å². The third kappa shape index (κ3) is 5.11. The van der Waals surface area contributed by atoms with Gasteiger partial charge in [0, 0.05) is 20.2 Å². The van der Waals surface area contributed by atoms with Gasteiger partial charge in [0.25, 0.3) is 0 Å². The van der Waals surface area contributed by atoms with Crippen LogP contribution in [0.3, 0.4) is 0 Å². The van der Waals surface area contributed by atoms with Crippen molar-refractivity contribution >= 4 is 46.2 Å². The Labute approximate surface area is 183 Å². The van der Waals surface area contributed by atoms with E-state index in [1.807, 2.05) is 13.8 Å². The van der Waals surface area contributed by atoms with Gasteiger partial charge < -0.3 is 15.5 Å². The maximum Gasteiger partial charge on any atom is 0.231 e. The quantitative estimate of drug-likeness (QED) is 0.521. The summed E-state index contributed by atoms with van der Waals surface area (Å²) >= 11 is 6.12. The molecule has 3 N–H and O–H groups in total. The van der Waals surface area contributed by atoms with Gasteiger partial charge in [0.2, 0.25) is 5.91 Å². The molecule has 0 spiro atoms. The second-order valence-corrected chi connectivity index (χ2v) is 6.81. The highest BCUT2D eigenvalue weighted by molar-refractivity contribution is 6.33. The van der Waals surface area contributed by atoms with E-state index >= 15 is 0 Å². The molecule has 1 aromatic carbocycles. The van der Waals surface area contributed by atoms with Crippen LogP contribution < -0.4 is 21.1 Å². The van der Waals surface area contributed by atoms with E-state index in [-0.39, 0.29) is 45.7 Å². The zero-order valence-corrected chi connectivity index (χ0v) is 18.1. The summed E-state index contributed by atoms with van der Waals surface area (Å²) < 4.78 is 41.1. The van der Waals surface area contributed by atoms with Gasteiger partial charge in [0.15, 0.2) is 5.82 Å². The third-order valence-electron chi connectivity index (χ3n) is 4.49. The maximum atomic E-state index is 14.5. The van der Waals surface area contributed by atoms with E-state index in [1.54, 1.807) is 6.07 Å². The number of anilines is 5. The van der Waals surface area contributed by atoms with Crippen LogP contribution in [0, 0.1) is 23.1 Å². The molecule has 1 aliphatic carbocycles. The highest BCUT2D eigenvalue weighted by Gasteiger charge is 2.44. The maximum absolute atomic E-state index is 14.5. The SMILES string of the molecule is CC.CNc1cc(N(C)c2c(F)cc(C#N)cc2Cl)nc(NC(=O)[C@H]2C[C@H]2F)c1NF. The van der Waals surface area contributed by atoms with Gasteiger partial charge in [-0.2, -0.15) is 5.26 Å². The fourth-order valence-electron chi connectivity index (χ4n) is 2.80. The Bertz CT molecular complexity index is 990. The van der Waals surface area contributed by atoms with Crippen LogP contribution >= 0.6 is 11.6 Å². The second-order valence-electron chi connectivity index (χ2n) is 6.40. The molecule has 31 heavy (non-hydrogen) atoms. The molecule has 1 heterocycles. The number of nitrogens with one attached hydrogen (secondary N) is 3. The molecule has 1 fully saturated rings. The Morgan fingerprint density at radius 2 is 2.00 bits per heavy atom. The van der Waals surface area contributed by atoms with Crippen LogP contribution in [0.4, 0.5) is 42.0 Å². The van der Waals surface area contributed by atoms with Crippen molar-refractivity contribution in [2.24, 2.45) is 5.92 Å². The molecular formula is C20H22ClF3N6O. The van der Waals surface area contributed by atoms with Crippen LogP contribution in [0.5, 0.6) is 0 Å². The summed E-state index contributed by atoms with van der Waals surface area (Å²) in [6.07, 6.45) is -1.15. The Morgan fingerprint density at radius 3 is 2.48 bits per heavy atom. The summed E-state index contributed by atoms with van der Waals surface area (Å²) in [4.78, 5) is 17.5. The summed E-state index contributed by atoms with van der Waals surface area (Å²) in [5.41, 5.74) is 1.47. The lowest BCUT2D eigenvalue weighted by molar-refractivity contribution is -0.117. The van der Waals surface area contributed by atoms with Crippen LogP contribution in [-0.2, 0) is 4.79 Å². The Balaban J connectivity index is 0.00000166. The number of aromatic nitrogens is 1. The number of carbonyl (C=O) groups is 1. The molecule has 11 heteroatoms. The van der Waals surface area contributed by atoms with E-state index in [2.05, 4.69) is 15.6 Å². The second kappa shape index (κ2) is 10.2. The van der Waals surface area contributed by atoms with Crippen LogP contribution in [0.1, 0.15) is 25.8 Å². The predicted molar refractivity (Wildman–Crippen MR) is 116 cm³/mol. The first-order valence-electron chi connectivity index (χ1n) is 9.48. The zero-order chi connectivity index (χ0) is 23.3. The standard InChI is InChI=1S/C18H16ClF3N6O.C2H6/c1-24-13-6-14(28(2)16-10(19)3-8(7-23)4-12(16)21)25-17(15(13)27-22)26-18(29)9-5-11(9)20;1-2/h3-4,6,9,11,27H,5H2,1-2H3,(H2,24,25,26,29);1-2H3/t9-,11+;/m0./s1. The molecule has 1 aromatic heterocycles. The number of pyridine rings is 1. The minimum Gasteiger partial charge on any atom is -0.386 e. The normalized spacial score (nSPS) is 16.4. The number of halogens is 4. The average molecular weight is 455 g/mol. The smallest absolute Gasteiger partial charge is 0.231 e. The van der Waals surface area contributed by atoms with Crippen molar-refractivity contribution in [3.63, 3.8) is 0 Å². The lowest BCUT2D eigenvalue weighted by Gasteiger charge is -2.23.